The van der Waals surface area contributed by atoms with Crippen LogP contribution in [0, 0.1) is 61.4 Å². The van der Waals surface area contributed by atoms with Crippen molar-refractivity contribution in [1.82, 2.24) is 49.3 Å². The van der Waals surface area contributed by atoms with Gasteiger partial charge in [-0.15, -0.1) is 0 Å². The summed E-state index contributed by atoms with van der Waals surface area (Å²) < 4.78 is 128. The van der Waals surface area contributed by atoms with E-state index in [4.69, 9.17) is 0 Å². The van der Waals surface area contributed by atoms with Crippen molar-refractivity contribution in [3.8, 4) is 17.1 Å². The molecule has 12 aromatic rings. The van der Waals surface area contributed by atoms with Gasteiger partial charge in [0.15, 0.2) is 51.9 Å². The average molecular weight is 1600 g/mol. The number of ketones is 3. The van der Waals surface area contributed by atoms with Crippen LogP contribution >= 0.6 is 0 Å². The van der Waals surface area contributed by atoms with Gasteiger partial charge in [0.25, 0.3) is 0 Å². The highest BCUT2D eigenvalue weighted by atomic mass is 32.2. The third-order valence-electron chi connectivity index (χ3n) is 23.4. The molecular weight excluding hydrogens is 1520 g/mol. The zero-order chi connectivity index (χ0) is 80.3. The number of hydrogen-bond donors (Lipinski definition) is 0. The highest BCUT2D eigenvalue weighted by Gasteiger charge is 2.56. The van der Waals surface area contributed by atoms with E-state index in [-0.39, 0.29) is 68.9 Å². The van der Waals surface area contributed by atoms with E-state index in [0.717, 1.165) is 72.7 Å². The van der Waals surface area contributed by atoms with Crippen molar-refractivity contribution < 1.29 is 52.8 Å². The summed E-state index contributed by atoms with van der Waals surface area (Å²) in [7, 11) is -11.1. The fraction of sp³-hybridized carbons (Fsp3) is 0.244. The maximum atomic E-state index is 14.3. The number of carbonyl (C=O) groups excluding carboxylic acids is 3. The van der Waals surface area contributed by atoms with Crippen molar-refractivity contribution in [2.45, 2.75) is 135 Å². The van der Waals surface area contributed by atoms with Gasteiger partial charge in [-0.05, 0) is 301 Å². The maximum Gasteiger partial charge on any atom is 0.198 e. The smallest absolute Gasteiger partial charge is 0.198 e. The van der Waals surface area contributed by atoms with E-state index < -0.39 is 61.5 Å². The van der Waals surface area contributed by atoms with Gasteiger partial charge in [0, 0.05) is 24.8 Å². The van der Waals surface area contributed by atoms with Gasteiger partial charge in [-0.25, -0.2) is 57.5 Å². The second-order valence-electron chi connectivity index (χ2n) is 30.8. The van der Waals surface area contributed by atoms with Crippen LogP contribution in [0.25, 0.3) is 35.3 Å². The van der Waals surface area contributed by atoms with E-state index in [1.807, 2.05) is 64.1 Å². The molecule has 18 rings (SSSR count). The standard InChI is InChI=1S/C31H28FN3O3S.C30H26FN3O3S.C29H25FN4O3S/c1-20-4-3-5-26(14-20)39(37,38)27-11-6-23-16-29-22(19-34-35(29)25-9-7-24(32)8-10-25)17-31(23,18-27)30(36)28-15-21(2)12-13-33-28;1-20-7-14-27(32-18-20)29(35)30-16-21-19-33-34(24-11-9-23(31)10-12-24)28(21)15-22(30)8-13-26(17-30)38(36,37)25-5-3-2-4-6-25;1-19-11-13-32-27(14-19)38(36,37)24-10-5-21-15-26-20(18-33-34(26)23-8-6-22(30)7-9-23)16-29(21,17-24)28(35)25-4-2-3-12-31-25/h3-5,7-10,12-16,19,27H,6,11,17-18H2,1-2H3;2-7,9-12,14-15,18-19,26H,8,13,16-17H2,1H3;2-4,6-9,11-15,18,24H,5,10,16-17H2,1H3/t27-,31-;26-,30-;24-,29-/m000/s1. The number of carbonyl (C=O) groups is 3. The summed E-state index contributed by atoms with van der Waals surface area (Å²) in [6.07, 6.45) is 21.4. The van der Waals surface area contributed by atoms with Crippen LogP contribution in [0.1, 0.15) is 145 Å². The van der Waals surface area contributed by atoms with Crippen LogP contribution in [0.2, 0.25) is 0 Å². The molecule has 7 aromatic heterocycles. The summed E-state index contributed by atoms with van der Waals surface area (Å²) in [5.74, 6) is -1.53. The number of fused-ring (bicyclic) bond motifs is 6. The Morgan fingerprint density at radius 2 is 0.765 bits per heavy atom. The summed E-state index contributed by atoms with van der Waals surface area (Å²) in [5.41, 5.74) is 11.1. The van der Waals surface area contributed by atoms with E-state index in [9.17, 15) is 52.8 Å². The van der Waals surface area contributed by atoms with E-state index in [1.54, 1.807) is 179 Å². The number of sulfone groups is 3. The number of nitrogens with zero attached hydrogens (tertiary/aromatic N) is 10. The minimum Gasteiger partial charge on any atom is -0.291 e. The number of halogens is 3. The molecule has 5 aromatic carbocycles. The lowest BCUT2D eigenvalue weighted by Crippen LogP contribution is -2.46. The van der Waals surface area contributed by atoms with Crippen LogP contribution in [0.4, 0.5) is 13.2 Å². The first-order chi connectivity index (χ1) is 55.2. The molecule has 0 N–H and O–H groups in total. The molecule has 7 heterocycles. The molecule has 3 saturated carbocycles. The zero-order valence-electron chi connectivity index (χ0n) is 63.3. The van der Waals surface area contributed by atoms with Crippen LogP contribution < -0.4 is 0 Å². The van der Waals surface area contributed by atoms with Gasteiger partial charge in [0.2, 0.25) is 0 Å². The molecule has 582 valence electrons. The number of rotatable bonds is 15. The van der Waals surface area contributed by atoms with Crippen LogP contribution in [0.15, 0.2) is 257 Å². The summed E-state index contributed by atoms with van der Waals surface area (Å²) in [5, 5.41) is 11.5. The minimum atomic E-state index is -3.78. The topological polar surface area (TPSA) is 259 Å². The highest BCUT2D eigenvalue weighted by Crippen LogP contribution is 2.56. The number of aryl methyl sites for hydroxylation is 4. The Balaban J connectivity index is 0.000000130. The molecule has 19 nitrogen and oxygen atoms in total. The largest absolute Gasteiger partial charge is 0.291 e. The lowest BCUT2D eigenvalue weighted by molar-refractivity contribution is 0.0790. The molecular formula is C90H79F3N10O9S3. The number of allylic oxidation sites excluding steroid dienone is 3. The van der Waals surface area contributed by atoms with Gasteiger partial charge in [-0.1, -0.05) is 59.2 Å². The molecule has 0 radical (unpaired) electrons. The fourth-order valence-electron chi connectivity index (χ4n) is 17.5. The molecule has 0 spiro atoms. The number of hydrogen-bond acceptors (Lipinski definition) is 16. The van der Waals surface area contributed by atoms with E-state index >= 15 is 0 Å². The van der Waals surface area contributed by atoms with E-state index in [2.05, 4.69) is 35.2 Å². The van der Waals surface area contributed by atoms with Crippen molar-refractivity contribution in [3.63, 3.8) is 0 Å². The molecule has 0 amide bonds. The third kappa shape index (κ3) is 14.5. The van der Waals surface area contributed by atoms with Gasteiger partial charge in [0.1, 0.15) is 34.5 Å². The predicted molar refractivity (Wildman–Crippen MR) is 429 cm³/mol. The lowest BCUT2D eigenvalue weighted by atomic mass is 9.61. The molecule has 0 unspecified atom stereocenters. The molecule has 6 aliphatic rings. The normalized spacial score (nSPS) is 20.7. The van der Waals surface area contributed by atoms with Gasteiger partial charge in [0.05, 0.1) is 94.5 Å². The van der Waals surface area contributed by atoms with Gasteiger partial charge in [-0.3, -0.25) is 29.3 Å². The Bertz CT molecular complexity index is 6290. The van der Waals surface area contributed by atoms with Crippen LogP contribution in [0.5, 0.6) is 0 Å². The monoisotopic (exact) mass is 1600 g/mol. The van der Waals surface area contributed by atoms with E-state index in [0.29, 0.717) is 91.9 Å². The molecule has 115 heavy (non-hydrogen) atoms. The Morgan fingerprint density at radius 3 is 1.19 bits per heavy atom. The number of pyridine rings is 4. The SMILES string of the molecule is Cc1ccc(C(=O)[C@]23Cc4cnn(-c5ccc(F)cc5)c4C=C2CC[C@H](S(=O)(=O)c2ccccc2)C3)nc1.Cc1cccc(S(=O)(=O)[C@H]2CCC3=Cc4c(cnn4-c4ccc(F)cc4)C[C@]3(C(=O)c3cc(C)ccn3)C2)c1.Cc1ccnc(S(=O)(=O)[C@H]2CCC3=Cc4c(cnn4-c4ccc(F)cc4)C[C@]3(C(=O)c3ccccn3)C2)c1. The second-order valence-corrected chi connectivity index (χ2v) is 37.4. The Morgan fingerprint density at radius 1 is 0.365 bits per heavy atom. The van der Waals surface area contributed by atoms with Gasteiger partial charge < -0.3 is 0 Å². The quantitative estimate of drug-likeness (QED) is 0.0864. The van der Waals surface area contributed by atoms with Crippen LogP contribution in [0.3, 0.4) is 0 Å². The second kappa shape index (κ2) is 30.5. The van der Waals surface area contributed by atoms with Crippen molar-refractivity contribution in [2.75, 3.05) is 0 Å². The molecule has 25 heteroatoms. The molecule has 0 saturated heterocycles. The Hall–Kier alpha value is -11.8. The molecule has 6 atom stereocenters. The molecule has 0 bridgehead atoms. The first-order valence-corrected chi connectivity index (χ1v) is 42.7. The lowest BCUT2D eigenvalue weighted by Gasteiger charge is -2.43. The average Bonchev–Trinajstić information content (AvgIpc) is 1.73. The number of aromatic nitrogens is 10. The number of Topliss-reactive ketones (excluding diaryl/α,β-unsaturated/α-hetero) is 3. The zero-order valence-corrected chi connectivity index (χ0v) is 65.8. The Labute approximate surface area is 664 Å². The van der Waals surface area contributed by atoms with Crippen molar-refractivity contribution in [2.24, 2.45) is 16.2 Å². The summed E-state index contributed by atoms with van der Waals surface area (Å²) >= 11 is 0. The molecule has 3 fully saturated rings. The Kier molecular flexibility index (Phi) is 20.5. The fourth-order valence-corrected chi connectivity index (χ4v) is 23.1. The summed E-state index contributed by atoms with van der Waals surface area (Å²) in [6, 6.07) is 49.4. The minimum absolute atomic E-state index is 0.0380. The summed E-state index contributed by atoms with van der Waals surface area (Å²) in [4.78, 5) is 60.6. The van der Waals surface area contributed by atoms with Gasteiger partial charge in [-0.2, -0.15) is 15.3 Å². The van der Waals surface area contributed by atoms with Crippen LogP contribution in [-0.4, -0.2) is 108 Å². The third-order valence-corrected chi connectivity index (χ3v) is 29.9. The van der Waals surface area contributed by atoms with Crippen molar-refractivity contribution in [1.29, 1.82) is 0 Å². The van der Waals surface area contributed by atoms with Gasteiger partial charge >= 0.3 is 0 Å². The number of benzene rings is 5. The van der Waals surface area contributed by atoms with Crippen molar-refractivity contribution in [3.05, 3.63) is 333 Å². The van der Waals surface area contributed by atoms with E-state index in [1.165, 1.54) is 42.6 Å². The first kappa shape index (κ1) is 77.2. The van der Waals surface area contributed by atoms with Crippen molar-refractivity contribution >= 4 is 65.1 Å². The highest BCUT2D eigenvalue weighted by molar-refractivity contribution is 7.92. The maximum absolute atomic E-state index is 14.3. The summed E-state index contributed by atoms with van der Waals surface area (Å²) in [6.45, 7) is 7.52. The molecule has 6 aliphatic carbocycles. The molecule has 0 aliphatic heterocycles. The predicted octanol–water partition coefficient (Wildman–Crippen LogP) is 16.4. The first-order valence-electron chi connectivity index (χ1n) is 38.0. The van der Waals surface area contributed by atoms with Crippen LogP contribution in [-0.2, 0) is 48.8 Å².